The average Bonchev–Trinajstić information content (AvgIpc) is 3.07. The van der Waals surface area contributed by atoms with E-state index in [0.717, 1.165) is 0 Å². The number of rotatable bonds is 3. The molecular weight excluding hydrogens is 286 g/mol. The number of nitrogens with zero attached hydrogens (tertiary/aromatic N) is 3. The molecular formula is C15H15N3O4. The number of imidazole rings is 1. The average molecular weight is 301 g/mol. The molecule has 2 aromatic rings. The van der Waals surface area contributed by atoms with Gasteiger partial charge in [-0.05, 0) is 0 Å². The third kappa shape index (κ3) is 1.82. The van der Waals surface area contributed by atoms with E-state index in [1.165, 1.54) is 24.7 Å². The molecule has 3 N–H and O–H groups in total. The quantitative estimate of drug-likeness (QED) is 0.553. The molecule has 2 aromatic heterocycles. The van der Waals surface area contributed by atoms with Gasteiger partial charge in [-0.3, -0.25) is 4.57 Å². The Hall–Kier alpha value is -2.40. The van der Waals surface area contributed by atoms with Crippen LogP contribution in [0, 0.1) is 18.3 Å². The molecule has 3 heterocycles. The number of aliphatic hydroxyl groups is 2. The van der Waals surface area contributed by atoms with Gasteiger partial charge in [0.25, 0.3) is 0 Å². The molecule has 0 amide bonds. The first-order valence-corrected chi connectivity index (χ1v) is 6.65. The summed E-state index contributed by atoms with van der Waals surface area (Å²) >= 11 is 0. The lowest BCUT2D eigenvalue weighted by atomic mass is 9.91. The van der Waals surface area contributed by atoms with Gasteiger partial charge in [0.1, 0.15) is 23.6 Å². The fourth-order valence-corrected chi connectivity index (χ4v) is 2.72. The van der Waals surface area contributed by atoms with Crippen LogP contribution in [0.25, 0.3) is 11.2 Å². The first-order valence-electron chi connectivity index (χ1n) is 6.65. The van der Waals surface area contributed by atoms with Crippen molar-refractivity contribution in [2.24, 2.45) is 5.92 Å². The molecule has 1 aliphatic rings. The van der Waals surface area contributed by atoms with Crippen molar-refractivity contribution in [2.45, 2.75) is 17.9 Å². The van der Waals surface area contributed by atoms with Gasteiger partial charge in [0.15, 0.2) is 11.2 Å². The van der Waals surface area contributed by atoms with Crippen LogP contribution in [0.3, 0.4) is 0 Å². The lowest BCUT2D eigenvalue weighted by molar-refractivity contribution is -0.0895. The molecule has 3 rings (SSSR count). The molecule has 0 saturated carbocycles. The van der Waals surface area contributed by atoms with E-state index < -0.39 is 30.5 Å². The van der Waals surface area contributed by atoms with Gasteiger partial charge in [-0.2, -0.15) is 0 Å². The highest BCUT2D eigenvalue weighted by Gasteiger charge is 2.53. The van der Waals surface area contributed by atoms with Gasteiger partial charge in [-0.15, -0.1) is 13.0 Å². The van der Waals surface area contributed by atoms with E-state index in [-0.39, 0.29) is 5.75 Å². The molecule has 22 heavy (non-hydrogen) atoms. The number of pyridine rings is 1. The van der Waals surface area contributed by atoms with Gasteiger partial charge in [0, 0.05) is 12.3 Å². The van der Waals surface area contributed by atoms with Crippen LogP contribution in [0.5, 0.6) is 5.75 Å². The Morgan fingerprint density at radius 2 is 2.32 bits per heavy atom. The van der Waals surface area contributed by atoms with E-state index in [1.54, 1.807) is 4.57 Å². The minimum Gasteiger partial charge on any atom is -0.505 e. The maximum absolute atomic E-state index is 10.4. The summed E-state index contributed by atoms with van der Waals surface area (Å²) in [5.41, 5.74) is -0.822. The highest BCUT2D eigenvalue weighted by molar-refractivity contribution is 5.77. The minimum atomic E-state index is -1.52. The fourth-order valence-electron chi connectivity index (χ4n) is 2.72. The van der Waals surface area contributed by atoms with E-state index in [0.29, 0.717) is 11.2 Å². The lowest BCUT2D eigenvalue weighted by Crippen LogP contribution is -2.43. The summed E-state index contributed by atoms with van der Waals surface area (Å²) in [6, 6.07) is 1.43. The fraction of sp³-hybridized carbons (Fsp3) is 0.333. The third-order valence-corrected chi connectivity index (χ3v) is 3.97. The Bertz CT molecular complexity index is 766. The molecule has 7 nitrogen and oxygen atoms in total. The summed E-state index contributed by atoms with van der Waals surface area (Å²) in [6.07, 6.45) is 7.95. The Morgan fingerprint density at radius 1 is 1.55 bits per heavy atom. The topological polar surface area (TPSA) is 101 Å². The first-order chi connectivity index (χ1) is 10.6. The van der Waals surface area contributed by atoms with Crippen molar-refractivity contribution in [2.75, 3.05) is 6.61 Å². The van der Waals surface area contributed by atoms with Crippen LogP contribution in [0.15, 0.2) is 31.2 Å². The molecule has 7 heteroatoms. The van der Waals surface area contributed by atoms with E-state index in [1.807, 2.05) is 0 Å². The highest BCUT2D eigenvalue weighted by Crippen LogP contribution is 2.42. The monoisotopic (exact) mass is 301 g/mol. The van der Waals surface area contributed by atoms with Crippen molar-refractivity contribution in [3.63, 3.8) is 0 Å². The first kappa shape index (κ1) is 14.5. The molecule has 0 aliphatic carbocycles. The number of aliphatic hydroxyl groups excluding tert-OH is 2. The van der Waals surface area contributed by atoms with Gasteiger partial charge in [0.05, 0.1) is 18.9 Å². The number of aromatic nitrogens is 3. The molecule has 0 unspecified atom stereocenters. The Kier molecular flexibility index (Phi) is 3.37. The summed E-state index contributed by atoms with van der Waals surface area (Å²) in [5, 5.41) is 29.7. The van der Waals surface area contributed by atoms with Crippen molar-refractivity contribution in [1.29, 1.82) is 0 Å². The number of hydrogen-bond acceptors (Lipinski definition) is 6. The Morgan fingerprint density at radius 3 is 2.95 bits per heavy atom. The predicted molar refractivity (Wildman–Crippen MR) is 77.7 cm³/mol. The molecule has 0 spiro atoms. The number of hydrogen-bond donors (Lipinski definition) is 3. The molecule has 1 aliphatic heterocycles. The smallest absolute Gasteiger partial charge is 0.180 e. The maximum atomic E-state index is 10.4. The van der Waals surface area contributed by atoms with Gasteiger partial charge >= 0.3 is 0 Å². The van der Waals surface area contributed by atoms with Gasteiger partial charge in [-0.1, -0.05) is 12.0 Å². The second-order valence-electron chi connectivity index (χ2n) is 5.11. The second-order valence-corrected chi connectivity index (χ2v) is 5.11. The third-order valence-electron chi connectivity index (χ3n) is 3.97. The van der Waals surface area contributed by atoms with Crippen LogP contribution in [0.4, 0.5) is 0 Å². The van der Waals surface area contributed by atoms with Crippen LogP contribution in [-0.4, -0.2) is 48.2 Å². The molecule has 0 bridgehead atoms. The second kappa shape index (κ2) is 5.10. The summed E-state index contributed by atoms with van der Waals surface area (Å²) in [7, 11) is 0. The normalized spacial score (nSPS) is 31.2. The molecule has 1 saturated heterocycles. The standard InChI is InChI=1S/C15H15N3O4/c1-3-9-12(21)15(4-2,7-19)22-14(9)18-8-17-11-10(20)5-6-16-13(11)18/h2-3,5-6,8-9,12,14,19,21H,1,7H2,(H,16,20)/t9-,12-,14+,15+/m0/s1. The molecule has 4 atom stereocenters. The predicted octanol–water partition coefficient (Wildman–Crippen LogP) is 0.193. The van der Waals surface area contributed by atoms with Crippen LogP contribution in [-0.2, 0) is 4.74 Å². The molecule has 0 aromatic carbocycles. The maximum Gasteiger partial charge on any atom is 0.180 e. The zero-order valence-electron chi connectivity index (χ0n) is 11.6. The van der Waals surface area contributed by atoms with Crippen LogP contribution < -0.4 is 0 Å². The number of terminal acetylenes is 1. The van der Waals surface area contributed by atoms with Gasteiger partial charge < -0.3 is 20.1 Å². The minimum absolute atomic E-state index is 0.0113. The van der Waals surface area contributed by atoms with Crippen LogP contribution in [0.1, 0.15) is 6.23 Å². The largest absolute Gasteiger partial charge is 0.505 e. The van der Waals surface area contributed by atoms with Crippen molar-refractivity contribution in [3.05, 3.63) is 31.2 Å². The molecule has 1 fully saturated rings. The van der Waals surface area contributed by atoms with Gasteiger partial charge in [-0.25, -0.2) is 9.97 Å². The SMILES string of the molecule is C#C[C@]1(CO)O[C@@H](n2cnc3c(O)ccnc32)[C@@H](C=C)[C@@H]1O. The van der Waals surface area contributed by atoms with E-state index >= 15 is 0 Å². The van der Waals surface area contributed by atoms with Crippen molar-refractivity contribution in [3.8, 4) is 18.1 Å². The van der Waals surface area contributed by atoms with E-state index in [9.17, 15) is 15.3 Å². The Balaban J connectivity index is 2.12. The Labute approximate surface area is 126 Å². The molecule has 114 valence electrons. The lowest BCUT2D eigenvalue weighted by Gasteiger charge is -2.23. The van der Waals surface area contributed by atoms with Crippen molar-refractivity contribution in [1.82, 2.24) is 14.5 Å². The summed E-state index contributed by atoms with van der Waals surface area (Å²) in [5.74, 6) is 1.74. The van der Waals surface area contributed by atoms with Crippen molar-refractivity contribution >= 4 is 11.2 Å². The summed E-state index contributed by atoms with van der Waals surface area (Å²) in [6.45, 7) is 3.16. The summed E-state index contributed by atoms with van der Waals surface area (Å²) < 4.78 is 7.30. The van der Waals surface area contributed by atoms with Crippen molar-refractivity contribution < 1.29 is 20.1 Å². The number of fused-ring (bicyclic) bond motifs is 1. The van der Waals surface area contributed by atoms with Crippen LogP contribution in [0.2, 0.25) is 0 Å². The number of ether oxygens (including phenoxy) is 1. The molecule has 0 radical (unpaired) electrons. The van der Waals surface area contributed by atoms with E-state index in [2.05, 4.69) is 22.5 Å². The number of aromatic hydroxyl groups is 1. The van der Waals surface area contributed by atoms with Crippen LogP contribution >= 0.6 is 0 Å². The van der Waals surface area contributed by atoms with E-state index in [4.69, 9.17) is 11.2 Å². The van der Waals surface area contributed by atoms with Gasteiger partial charge in [0.2, 0.25) is 0 Å². The zero-order valence-corrected chi connectivity index (χ0v) is 11.6. The highest BCUT2D eigenvalue weighted by atomic mass is 16.6. The zero-order chi connectivity index (χ0) is 15.9. The summed E-state index contributed by atoms with van der Waals surface area (Å²) in [4.78, 5) is 8.27.